The molecule has 0 radical (unpaired) electrons. The predicted molar refractivity (Wildman–Crippen MR) is 186 cm³/mol. The third-order valence-electron chi connectivity index (χ3n) is 8.62. The van der Waals surface area contributed by atoms with Gasteiger partial charge in [0.1, 0.15) is 0 Å². The van der Waals surface area contributed by atoms with E-state index in [1.807, 2.05) is 0 Å². The lowest BCUT2D eigenvalue weighted by Crippen LogP contribution is -2.07. The Labute approximate surface area is 259 Å². The third-order valence-corrected chi connectivity index (χ3v) is 8.62. The Morgan fingerprint density at radius 3 is 1.55 bits per heavy atom. The van der Waals surface area contributed by atoms with E-state index in [-0.39, 0.29) is 5.92 Å². The standard InChI is InChI=1S/C41H37N3/c1-2-44-39-19-10-9-16-36(39)37-17-11-18-38(41(37)44)40(32-20-24-34(25-21-32)42-28-30-12-5-3-6-13-30)33-22-26-35(27-23-33)43-29-31-14-7-4-8-15-31/h3-27,40,42-43H,2,28-29H2,1H3. The third kappa shape index (κ3) is 5.57. The summed E-state index contributed by atoms with van der Waals surface area (Å²) in [6, 6.07) is 54.7. The summed E-state index contributed by atoms with van der Waals surface area (Å²) in [5.41, 5.74) is 11.3. The summed E-state index contributed by atoms with van der Waals surface area (Å²) in [6.45, 7) is 4.77. The van der Waals surface area contributed by atoms with E-state index in [2.05, 4.69) is 174 Å². The minimum Gasteiger partial charge on any atom is -0.381 e. The molecule has 0 aliphatic heterocycles. The fraction of sp³-hybridized carbons (Fsp3) is 0.122. The van der Waals surface area contributed by atoms with Gasteiger partial charge in [0.25, 0.3) is 0 Å². The van der Waals surface area contributed by atoms with Crippen LogP contribution in [-0.4, -0.2) is 4.57 Å². The monoisotopic (exact) mass is 571 g/mol. The van der Waals surface area contributed by atoms with Crippen LogP contribution in [0, 0.1) is 0 Å². The Morgan fingerprint density at radius 1 is 0.500 bits per heavy atom. The zero-order valence-electron chi connectivity index (χ0n) is 25.1. The molecule has 7 aromatic rings. The van der Waals surface area contributed by atoms with Crippen LogP contribution in [0.5, 0.6) is 0 Å². The van der Waals surface area contributed by atoms with Crippen LogP contribution in [-0.2, 0) is 19.6 Å². The van der Waals surface area contributed by atoms with Crippen molar-refractivity contribution in [2.75, 3.05) is 10.6 Å². The van der Waals surface area contributed by atoms with Crippen molar-refractivity contribution in [1.29, 1.82) is 0 Å². The number of nitrogens with one attached hydrogen (secondary N) is 2. The molecule has 2 N–H and O–H groups in total. The molecule has 0 aliphatic carbocycles. The largest absolute Gasteiger partial charge is 0.381 e. The second kappa shape index (κ2) is 12.5. The summed E-state index contributed by atoms with van der Waals surface area (Å²) in [5.74, 6) is 0.0830. The van der Waals surface area contributed by atoms with Crippen molar-refractivity contribution in [1.82, 2.24) is 4.57 Å². The summed E-state index contributed by atoms with van der Waals surface area (Å²) in [4.78, 5) is 0. The Morgan fingerprint density at radius 2 is 1.00 bits per heavy atom. The first-order chi connectivity index (χ1) is 21.8. The van der Waals surface area contributed by atoms with E-state index in [0.717, 1.165) is 31.0 Å². The second-order valence-corrected chi connectivity index (χ2v) is 11.4. The molecule has 0 amide bonds. The molecular formula is C41H37N3. The lowest BCUT2D eigenvalue weighted by Gasteiger charge is -2.22. The molecule has 0 saturated heterocycles. The van der Waals surface area contributed by atoms with Crippen LogP contribution in [0.25, 0.3) is 21.8 Å². The molecular weight excluding hydrogens is 534 g/mol. The second-order valence-electron chi connectivity index (χ2n) is 11.4. The van der Waals surface area contributed by atoms with Gasteiger partial charge in [-0.05, 0) is 65.1 Å². The molecule has 0 bridgehead atoms. The number of hydrogen-bond acceptors (Lipinski definition) is 2. The molecule has 0 spiro atoms. The molecule has 216 valence electrons. The maximum atomic E-state index is 3.59. The first kappa shape index (κ1) is 27.5. The van der Waals surface area contributed by atoms with Crippen LogP contribution in [0.2, 0.25) is 0 Å². The fourth-order valence-corrected chi connectivity index (χ4v) is 6.44. The highest BCUT2D eigenvalue weighted by Gasteiger charge is 2.22. The van der Waals surface area contributed by atoms with Gasteiger partial charge >= 0.3 is 0 Å². The van der Waals surface area contributed by atoms with Gasteiger partial charge in [-0.3, -0.25) is 0 Å². The zero-order chi connectivity index (χ0) is 29.7. The van der Waals surface area contributed by atoms with Gasteiger partial charge in [0, 0.05) is 53.2 Å². The smallest absolute Gasteiger partial charge is 0.0533 e. The highest BCUT2D eigenvalue weighted by molar-refractivity contribution is 6.09. The number of aryl methyl sites for hydroxylation is 1. The SMILES string of the molecule is CCn1c2ccccc2c2cccc(C(c3ccc(NCc4ccccc4)cc3)c3ccc(NCc4ccccc4)cc3)c21. The van der Waals surface area contributed by atoms with Gasteiger partial charge in [-0.15, -0.1) is 0 Å². The van der Waals surface area contributed by atoms with Gasteiger partial charge in [0.2, 0.25) is 0 Å². The molecule has 3 heteroatoms. The van der Waals surface area contributed by atoms with Crippen molar-refractivity contribution in [3.8, 4) is 0 Å². The highest BCUT2D eigenvalue weighted by Crippen LogP contribution is 2.40. The van der Waals surface area contributed by atoms with E-state index in [0.29, 0.717) is 0 Å². The zero-order valence-corrected chi connectivity index (χ0v) is 25.1. The molecule has 0 aliphatic rings. The summed E-state index contributed by atoms with van der Waals surface area (Å²) in [6.07, 6.45) is 0. The lowest BCUT2D eigenvalue weighted by molar-refractivity contribution is 0.818. The van der Waals surface area contributed by atoms with Crippen molar-refractivity contribution in [3.05, 3.63) is 179 Å². The molecule has 1 heterocycles. The number of para-hydroxylation sites is 2. The van der Waals surface area contributed by atoms with Crippen LogP contribution >= 0.6 is 0 Å². The number of aromatic nitrogens is 1. The van der Waals surface area contributed by atoms with Crippen molar-refractivity contribution in [2.24, 2.45) is 0 Å². The van der Waals surface area contributed by atoms with E-state index < -0.39 is 0 Å². The first-order valence-electron chi connectivity index (χ1n) is 15.5. The number of benzene rings is 6. The molecule has 44 heavy (non-hydrogen) atoms. The highest BCUT2D eigenvalue weighted by atomic mass is 15.0. The number of hydrogen-bond donors (Lipinski definition) is 2. The van der Waals surface area contributed by atoms with Gasteiger partial charge < -0.3 is 15.2 Å². The van der Waals surface area contributed by atoms with Crippen molar-refractivity contribution >= 4 is 33.2 Å². The number of anilines is 2. The Hall–Kier alpha value is -5.28. The summed E-state index contributed by atoms with van der Waals surface area (Å²) < 4.78 is 2.48. The minimum absolute atomic E-state index is 0.0830. The van der Waals surface area contributed by atoms with Crippen LogP contribution in [0.1, 0.15) is 40.7 Å². The Kier molecular flexibility index (Phi) is 7.84. The van der Waals surface area contributed by atoms with Crippen molar-refractivity contribution in [3.63, 3.8) is 0 Å². The molecule has 0 saturated carbocycles. The average molecular weight is 572 g/mol. The maximum absolute atomic E-state index is 3.59. The van der Waals surface area contributed by atoms with E-state index >= 15 is 0 Å². The van der Waals surface area contributed by atoms with Crippen molar-refractivity contribution in [2.45, 2.75) is 32.5 Å². The Balaban J connectivity index is 1.27. The predicted octanol–water partition coefficient (Wildman–Crippen LogP) is 10.2. The fourth-order valence-electron chi connectivity index (χ4n) is 6.44. The van der Waals surface area contributed by atoms with Gasteiger partial charge in [-0.25, -0.2) is 0 Å². The summed E-state index contributed by atoms with van der Waals surface area (Å²) >= 11 is 0. The normalized spacial score (nSPS) is 11.3. The van der Waals surface area contributed by atoms with Crippen molar-refractivity contribution < 1.29 is 0 Å². The molecule has 6 aromatic carbocycles. The summed E-state index contributed by atoms with van der Waals surface area (Å²) in [5, 5.41) is 9.81. The van der Waals surface area contributed by atoms with E-state index in [1.54, 1.807) is 0 Å². The summed E-state index contributed by atoms with van der Waals surface area (Å²) in [7, 11) is 0. The first-order valence-corrected chi connectivity index (χ1v) is 15.5. The molecule has 3 nitrogen and oxygen atoms in total. The lowest BCUT2D eigenvalue weighted by atomic mass is 9.84. The molecule has 0 atom stereocenters. The van der Waals surface area contributed by atoms with Gasteiger partial charge in [0.15, 0.2) is 0 Å². The van der Waals surface area contributed by atoms with E-state index in [4.69, 9.17) is 0 Å². The Bertz CT molecular complexity index is 1890. The van der Waals surface area contributed by atoms with Gasteiger partial charge in [-0.2, -0.15) is 0 Å². The minimum atomic E-state index is 0.0830. The van der Waals surface area contributed by atoms with Crippen LogP contribution in [0.4, 0.5) is 11.4 Å². The van der Waals surface area contributed by atoms with Crippen LogP contribution in [0.3, 0.4) is 0 Å². The average Bonchev–Trinajstić information content (AvgIpc) is 3.43. The van der Waals surface area contributed by atoms with E-state index in [9.17, 15) is 0 Å². The quantitative estimate of drug-likeness (QED) is 0.160. The number of fused-ring (bicyclic) bond motifs is 3. The van der Waals surface area contributed by atoms with Gasteiger partial charge in [-0.1, -0.05) is 121 Å². The number of rotatable bonds is 10. The molecule has 1 aromatic heterocycles. The van der Waals surface area contributed by atoms with Crippen LogP contribution < -0.4 is 10.6 Å². The van der Waals surface area contributed by atoms with Gasteiger partial charge in [0.05, 0.1) is 5.52 Å². The molecule has 0 unspecified atom stereocenters. The topological polar surface area (TPSA) is 29.0 Å². The molecule has 0 fully saturated rings. The number of nitrogens with zero attached hydrogens (tertiary/aromatic N) is 1. The molecule has 7 rings (SSSR count). The van der Waals surface area contributed by atoms with E-state index in [1.165, 1.54) is 49.6 Å². The maximum Gasteiger partial charge on any atom is 0.0533 e. The van der Waals surface area contributed by atoms with Crippen LogP contribution in [0.15, 0.2) is 152 Å².